The number of benzene rings is 3. The Hall–Kier alpha value is -4.99. The summed E-state index contributed by atoms with van der Waals surface area (Å²) >= 11 is 0. The van der Waals surface area contributed by atoms with Crippen LogP contribution in [0.3, 0.4) is 0 Å². The van der Waals surface area contributed by atoms with Crippen molar-refractivity contribution in [1.82, 2.24) is 0 Å². The van der Waals surface area contributed by atoms with Gasteiger partial charge in [-0.25, -0.2) is 4.79 Å². The zero-order valence-corrected chi connectivity index (χ0v) is 18.7. The monoisotopic (exact) mass is 476 g/mol. The number of hydrogen-bond acceptors (Lipinski definition) is 7. The molecule has 0 fully saturated rings. The molecule has 0 radical (unpaired) electrons. The fourth-order valence-corrected chi connectivity index (χ4v) is 3.52. The second-order valence-electron chi connectivity index (χ2n) is 7.21. The van der Waals surface area contributed by atoms with Crippen molar-refractivity contribution in [1.29, 1.82) is 0 Å². The van der Waals surface area contributed by atoms with E-state index >= 15 is 0 Å². The molecule has 3 aromatic rings. The molecule has 0 aliphatic heterocycles. The largest absolute Gasteiger partial charge is 0.504 e. The molecule has 0 atom stereocenters. The molecule has 0 aromatic heterocycles. The van der Waals surface area contributed by atoms with E-state index in [1.807, 2.05) is 0 Å². The standard InChI is InChI=1S/C25H20N2O8/c1-34-14-23(16-5-3-7-19(11-16)26(30)31)21-10-9-18(25(28)29)13-22(21)24(15-35-2)17-6-4-8-20(12-17)27(32)33/h3-15H,1-2H3,(H,28,29). The molecule has 0 aliphatic rings. The van der Waals surface area contributed by atoms with Crippen LogP contribution >= 0.6 is 0 Å². The van der Waals surface area contributed by atoms with E-state index in [2.05, 4.69) is 0 Å². The Morgan fingerprint density at radius 2 is 1.23 bits per heavy atom. The van der Waals surface area contributed by atoms with Crippen molar-refractivity contribution in [3.05, 3.63) is 127 Å². The lowest BCUT2D eigenvalue weighted by atomic mass is 9.87. The van der Waals surface area contributed by atoms with E-state index in [-0.39, 0.29) is 16.9 Å². The highest BCUT2D eigenvalue weighted by Crippen LogP contribution is 2.36. The molecule has 0 aliphatic carbocycles. The first-order valence-corrected chi connectivity index (χ1v) is 10.1. The number of non-ortho nitro benzene ring substituents is 2. The van der Waals surface area contributed by atoms with Crippen molar-refractivity contribution >= 4 is 28.5 Å². The lowest BCUT2D eigenvalue weighted by Gasteiger charge is -2.17. The average Bonchev–Trinajstić information content (AvgIpc) is 2.85. The summed E-state index contributed by atoms with van der Waals surface area (Å²) in [5.74, 6) is -1.18. The Kier molecular flexibility index (Phi) is 7.57. The predicted molar refractivity (Wildman–Crippen MR) is 128 cm³/mol. The third-order valence-electron chi connectivity index (χ3n) is 5.05. The van der Waals surface area contributed by atoms with Crippen molar-refractivity contribution in [3.8, 4) is 0 Å². The van der Waals surface area contributed by atoms with E-state index in [9.17, 15) is 30.1 Å². The SMILES string of the molecule is COC=C(c1cccc([N+](=O)[O-])c1)c1ccc(C(=O)O)cc1C(=COC)c1cccc([N+](=O)[O-])c1. The van der Waals surface area contributed by atoms with Crippen LogP contribution in [0.4, 0.5) is 11.4 Å². The molecule has 3 rings (SSSR count). The van der Waals surface area contributed by atoms with E-state index in [4.69, 9.17) is 9.47 Å². The molecule has 3 aromatic carbocycles. The number of rotatable bonds is 9. The number of carbonyl (C=O) groups is 1. The van der Waals surface area contributed by atoms with Crippen molar-refractivity contribution < 1.29 is 29.2 Å². The summed E-state index contributed by atoms with van der Waals surface area (Å²) in [4.78, 5) is 33.4. The molecule has 178 valence electrons. The zero-order chi connectivity index (χ0) is 25.5. The van der Waals surface area contributed by atoms with Crippen molar-refractivity contribution in [3.63, 3.8) is 0 Å². The van der Waals surface area contributed by atoms with Crippen LogP contribution in [0.25, 0.3) is 11.1 Å². The Bertz CT molecular complexity index is 1360. The number of ether oxygens (including phenoxy) is 2. The number of methoxy groups -OCH3 is 2. The number of carboxylic acids is 1. The van der Waals surface area contributed by atoms with Gasteiger partial charge in [0.2, 0.25) is 0 Å². The van der Waals surface area contributed by atoms with Gasteiger partial charge in [-0.2, -0.15) is 0 Å². The topological polar surface area (TPSA) is 142 Å². The van der Waals surface area contributed by atoms with Gasteiger partial charge in [-0.3, -0.25) is 20.2 Å². The zero-order valence-electron chi connectivity index (χ0n) is 18.7. The molecular weight excluding hydrogens is 456 g/mol. The van der Waals surface area contributed by atoms with Crippen LogP contribution in [-0.2, 0) is 9.47 Å². The summed E-state index contributed by atoms with van der Waals surface area (Å²) in [5, 5.41) is 32.3. The van der Waals surface area contributed by atoms with E-state index in [1.54, 1.807) is 18.2 Å². The first-order valence-electron chi connectivity index (χ1n) is 10.1. The summed E-state index contributed by atoms with van der Waals surface area (Å²) in [6.07, 6.45) is 2.73. The van der Waals surface area contributed by atoms with Crippen LogP contribution in [0.2, 0.25) is 0 Å². The van der Waals surface area contributed by atoms with Gasteiger partial charge in [0.25, 0.3) is 11.4 Å². The first kappa shape index (κ1) is 24.6. The van der Waals surface area contributed by atoms with Crippen molar-refractivity contribution in [2.75, 3.05) is 14.2 Å². The Balaban J connectivity index is 2.33. The Morgan fingerprint density at radius 1 is 0.743 bits per heavy atom. The lowest BCUT2D eigenvalue weighted by Crippen LogP contribution is -2.03. The van der Waals surface area contributed by atoms with Crippen LogP contribution in [0.5, 0.6) is 0 Å². The van der Waals surface area contributed by atoms with Gasteiger partial charge < -0.3 is 14.6 Å². The number of aromatic carboxylic acids is 1. The molecule has 10 heteroatoms. The Morgan fingerprint density at radius 3 is 1.66 bits per heavy atom. The highest BCUT2D eigenvalue weighted by molar-refractivity contribution is 5.95. The van der Waals surface area contributed by atoms with Gasteiger partial charge in [-0.1, -0.05) is 30.3 Å². The third kappa shape index (κ3) is 5.50. The number of nitrogens with zero attached hydrogens (tertiary/aromatic N) is 2. The smallest absolute Gasteiger partial charge is 0.335 e. The molecule has 0 amide bonds. The van der Waals surface area contributed by atoms with E-state index in [1.165, 1.54) is 75.3 Å². The predicted octanol–water partition coefficient (Wildman–Crippen LogP) is 5.27. The second kappa shape index (κ2) is 10.8. The minimum atomic E-state index is -1.18. The average molecular weight is 476 g/mol. The maximum Gasteiger partial charge on any atom is 0.335 e. The molecular formula is C25H20N2O8. The molecule has 0 bridgehead atoms. The summed E-state index contributed by atoms with van der Waals surface area (Å²) in [6, 6.07) is 16.0. The van der Waals surface area contributed by atoms with Gasteiger partial charge in [0.1, 0.15) is 0 Å². The van der Waals surface area contributed by atoms with Gasteiger partial charge in [-0.15, -0.1) is 0 Å². The van der Waals surface area contributed by atoms with Gasteiger partial charge in [0.15, 0.2) is 0 Å². The maximum absolute atomic E-state index is 11.8. The van der Waals surface area contributed by atoms with Crippen molar-refractivity contribution in [2.24, 2.45) is 0 Å². The number of carboxylic acid groups (broad SMARTS) is 1. The molecule has 0 spiro atoms. The lowest BCUT2D eigenvalue weighted by molar-refractivity contribution is -0.385. The molecule has 35 heavy (non-hydrogen) atoms. The fourth-order valence-electron chi connectivity index (χ4n) is 3.52. The summed E-state index contributed by atoms with van der Waals surface area (Å²) in [7, 11) is 2.81. The van der Waals surface area contributed by atoms with Crippen LogP contribution < -0.4 is 0 Å². The maximum atomic E-state index is 11.8. The minimum Gasteiger partial charge on any atom is -0.504 e. The van der Waals surface area contributed by atoms with Crippen LogP contribution in [0.1, 0.15) is 32.6 Å². The molecule has 10 nitrogen and oxygen atoms in total. The molecule has 0 saturated heterocycles. The summed E-state index contributed by atoms with van der Waals surface area (Å²) in [6.45, 7) is 0. The van der Waals surface area contributed by atoms with Crippen LogP contribution in [0.15, 0.2) is 79.3 Å². The molecule has 0 heterocycles. The van der Waals surface area contributed by atoms with E-state index in [0.29, 0.717) is 33.4 Å². The van der Waals surface area contributed by atoms with Gasteiger partial charge in [0, 0.05) is 35.4 Å². The highest BCUT2D eigenvalue weighted by Gasteiger charge is 2.21. The van der Waals surface area contributed by atoms with Gasteiger partial charge in [0.05, 0.1) is 42.2 Å². The van der Waals surface area contributed by atoms with E-state index < -0.39 is 15.8 Å². The van der Waals surface area contributed by atoms with Gasteiger partial charge in [-0.05, 0) is 34.4 Å². The fraction of sp³-hybridized carbons (Fsp3) is 0.0800. The highest BCUT2D eigenvalue weighted by atomic mass is 16.6. The second-order valence-corrected chi connectivity index (χ2v) is 7.21. The first-order chi connectivity index (χ1) is 16.8. The van der Waals surface area contributed by atoms with Crippen molar-refractivity contribution in [2.45, 2.75) is 0 Å². The number of nitro groups is 2. The summed E-state index contributed by atoms with van der Waals surface area (Å²) < 4.78 is 10.5. The molecule has 0 unspecified atom stereocenters. The number of nitro benzene ring substituents is 2. The number of hydrogen-bond donors (Lipinski definition) is 1. The van der Waals surface area contributed by atoms with Gasteiger partial charge >= 0.3 is 5.97 Å². The molecule has 0 saturated carbocycles. The Labute approximate surface area is 199 Å². The van der Waals surface area contributed by atoms with E-state index in [0.717, 1.165) is 0 Å². The third-order valence-corrected chi connectivity index (χ3v) is 5.05. The van der Waals surface area contributed by atoms with Crippen LogP contribution in [0, 0.1) is 20.2 Å². The normalized spacial score (nSPS) is 11.6. The molecule has 1 N–H and O–H groups in total. The minimum absolute atomic E-state index is 0.0352. The summed E-state index contributed by atoms with van der Waals surface area (Å²) in [5.41, 5.74) is 2.13. The van der Waals surface area contributed by atoms with Crippen LogP contribution in [-0.4, -0.2) is 35.1 Å². The quantitative estimate of drug-likeness (QED) is 0.250.